The molecule has 0 saturated carbocycles. The van der Waals surface area contributed by atoms with Crippen LogP contribution in [0.5, 0.6) is 0 Å². The lowest BCUT2D eigenvalue weighted by Crippen LogP contribution is -2.14. The van der Waals surface area contributed by atoms with Gasteiger partial charge in [-0.15, -0.1) is 11.3 Å². The SMILES string of the molecule is CC1(C)c2ccccc2-c2ccc(-c3cc4c5cccc(-c6ccc(N(c7ccccc7)c7cccc8c7sc7ccccc78)cc6)c5oc4c4ccccc34)cc21. The summed E-state index contributed by atoms with van der Waals surface area (Å²) in [4.78, 5) is 2.38. The molecule has 2 aromatic heterocycles. The molecule has 1 aliphatic carbocycles. The largest absolute Gasteiger partial charge is 0.455 e. The zero-order valence-corrected chi connectivity index (χ0v) is 33.0. The molecule has 3 heteroatoms. The van der Waals surface area contributed by atoms with Gasteiger partial charge in [0.1, 0.15) is 11.2 Å². The van der Waals surface area contributed by atoms with E-state index < -0.39 is 0 Å². The lowest BCUT2D eigenvalue weighted by Gasteiger charge is -2.26. The van der Waals surface area contributed by atoms with Gasteiger partial charge < -0.3 is 9.32 Å². The first-order valence-corrected chi connectivity index (χ1v) is 20.8. The smallest absolute Gasteiger partial charge is 0.143 e. The standard InChI is InChI=1S/C55H37NOS/c1-55(2)48-23-10-8-17-40(48)41-31-28-35(32-49(41)55)46-33-47-44-21-12-20-38(52(44)57-53(47)43-19-7-6-16-39(43)46)34-26-29-37(30-27-34)56(36-14-4-3-5-15-36)50-24-13-22-45-42-18-9-11-25-51(42)58-54(45)50/h3-33H,1-2H3. The van der Waals surface area contributed by atoms with Crippen LogP contribution >= 0.6 is 11.3 Å². The molecule has 58 heavy (non-hydrogen) atoms. The first-order chi connectivity index (χ1) is 28.5. The quantitative estimate of drug-likeness (QED) is 0.174. The molecule has 0 radical (unpaired) electrons. The Bertz CT molecular complexity index is 3420. The van der Waals surface area contributed by atoms with E-state index in [4.69, 9.17) is 4.42 Å². The van der Waals surface area contributed by atoms with Crippen LogP contribution in [0.1, 0.15) is 25.0 Å². The predicted octanol–water partition coefficient (Wildman–Crippen LogP) is 16.2. The van der Waals surface area contributed by atoms with E-state index >= 15 is 0 Å². The summed E-state index contributed by atoms with van der Waals surface area (Å²) in [7, 11) is 0. The second-order valence-electron chi connectivity index (χ2n) is 16.0. The molecule has 11 aromatic rings. The Kier molecular flexibility index (Phi) is 7.18. The van der Waals surface area contributed by atoms with Crippen LogP contribution in [0.15, 0.2) is 192 Å². The van der Waals surface area contributed by atoms with Gasteiger partial charge in [-0.25, -0.2) is 0 Å². The fourth-order valence-corrected chi connectivity index (χ4v) is 10.9. The minimum absolute atomic E-state index is 0.0707. The number of anilines is 3. The van der Waals surface area contributed by atoms with Crippen molar-refractivity contribution in [3.05, 3.63) is 199 Å². The van der Waals surface area contributed by atoms with Crippen molar-refractivity contribution in [1.82, 2.24) is 0 Å². The lowest BCUT2D eigenvalue weighted by molar-refractivity contribution is 0.660. The van der Waals surface area contributed by atoms with E-state index in [-0.39, 0.29) is 5.41 Å². The summed E-state index contributed by atoms with van der Waals surface area (Å²) >= 11 is 1.86. The van der Waals surface area contributed by atoms with Crippen molar-refractivity contribution in [3.8, 4) is 33.4 Å². The average Bonchev–Trinajstić information content (AvgIpc) is 3.92. The Morgan fingerprint density at radius 3 is 1.90 bits per heavy atom. The summed E-state index contributed by atoms with van der Waals surface area (Å²) in [5.74, 6) is 0. The van der Waals surface area contributed by atoms with Gasteiger partial charge in [-0.2, -0.15) is 0 Å². The van der Waals surface area contributed by atoms with E-state index in [1.54, 1.807) is 0 Å². The molecule has 0 bridgehead atoms. The molecule has 2 nitrogen and oxygen atoms in total. The molecule has 1 aliphatic rings. The molecule has 2 heterocycles. The number of hydrogen-bond acceptors (Lipinski definition) is 3. The average molecular weight is 760 g/mol. The number of nitrogens with zero attached hydrogens (tertiary/aromatic N) is 1. The van der Waals surface area contributed by atoms with Gasteiger partial charge in [0.05, 0.1) is 10.4 Å². The van der Waals surface area contributed by atoms with Crippen molar-refractivity contribution < 1.29 is 4.42 Å². The normalized spacial score (nSPS) is 13.1. The predicted molar refractivity (Wildman–Crippen MR) is 247 cm³/mol. The van der Waals surface area contributed by atoms with Gasteiger partial charge >= 0.3 is 0 Å². The number of fused-ring (bicyclic) bond motifs is 11. The van der Waals surface area contributed by atoms with Crippen LogP contribution in [0.25, 0.3) is 86.3 Å². The minimum Gasteiger partial charge on any atom is -0.455 e. The fraction of sp³-hybridized carbons (Fsp3) is 0.0545. The van der Waals surface area contributed by atoms with Gasteiger partial charge in [-0.05, 0) is 92.9 Å². The van der Waals surface area contributed by atoms with E-state index in [0.29, 0.717) is 0 Å². The Labute approximate surface area is 340 Å². The van der Waals surface area contributed by atoms with Gasteiger partial charge in [0, 0.05) is 54.0 Å². The number of benzene rings is 9. The van der Waals surface area contributed by atoms with Gasteiger partial charge in [0.25, 0.3) is 0 Å². The number of para-hydroxylation sites is 2. The highest BCUT2D eigenvalue weighted by atomic mass is 32.1. The summed E-state index contributed by atoms with van der Waals surface area (Å²) in [6.07, 6.45) is 0. The Morgan fingerprint density at radius 2 is 1.03 bits per heavy atom. The van der Waals surface area contributed by atoms with Gasteiger partial charge in [0.15, 0.2) is 0 Å². The molecule has 12 rings (SSSR count). The Hall–Kier alpha value is -6.94. The van der Waals surface area contributed by atoms with Crippen LogP contribution in [0, 0.1) is 0 Å². The highest BCUT2D eigenvalue weighted by molar-refractivity contribution is 7.26. The molecular weight excluding hydrogens is 723 g/mol. The summed E-state index contributed by atoms with van der Waals surface area (Å²) in [6, 6.07) is 68.6. The van der Waals surface area contributed by atoms with Crippen molar-refractivity contribution in [2.45, 2.75) is 19.3 Å². The monoisotopic (exact) mass is 759 g/mol. The molecule has 9 aromatic carbocycles. The van der Waals surface area contributed by atoms with Gasteiger partial charge in [-0.1, -0.05) is 153 Å². The van der Waals surface area contributed by atoms with Gasteiger partial charge in [-0.3, -0.25) is 0 Å². The molecule has 0 spiro atoms. The molecular formula is C55H37NOS. The van der Waals surface area contributed by atoms with Crippen molar-refractivity contribution in [1.29, 1.82) is 0 Å². The van der Waals surface area contributed by atoms with E-state index in [9.17, 15) is 0 Å². The minimum atomic E-state index is -0.0707. The maximum absolute atomic E-state index is 6.98. The van der Waals surface area contributed by atoms with Crippen LogP contribution < -0.4 is 4.90 Å². The third-order valence-corrected chi connectivity index (χ3v) is 13.7. The highest BCUT2D eigenvalue weighted by Crippen LogP contribution is 2.51. The molecule has 0 aliphatic heterocycles. The molecule has 0 N–H and O–H groups in total. The van der Waals surface area contributed by atoms with Crippen molar-refractivity contribution >= 4 is 81.3 Å². The molecule has 274 valence electrons. The first-order valence-electron chi connectivity index (χ1n) is 20.0. The van der Waals surface area contributed by atoms with Gasteiger partial charge in [0.2, 0.25) is 0 Å². The fourth-order valence-electron chi connectivity index (χ4n) is 9.66. The number of furan rings is 1. The summed E-state index contributed by atoms with van der Waals surface area (Å²) < 4.78 is 9.56. The topological polar surface area (TPSA) is 16.4 Å². The maximum Gasteiger partial charge on any atom is 0.143 e. The summed E-state index contributed by atoms with van der Waals surface area (Å²) in [5.41, 5.74) is 15.3. The number of hydrogen-bond donors (Lipinski definition) is 0. The second kappa shape index (κ2) is 12.5. The second-order valence-corrected chi connectivity index (χ2v) is 17.1. The molecule has 0 unspecified atom stereocenters. The van der Waals surface area contributed by atoms with Crippen LogP contribution in [-0.4, -0.2) is 0 Å². The Morgan fingerprint density at radius 1 is 0.414 bits per heavy atom. The third kappa shape index (κ3) is 4.84. The number of rotatable bonds is 5. The van der Waals surface area contributed by atoms with Crippen LogP contribution in [0.3, 0.4) is 0 Å². The van der Waals surface area contributed by atoms with E-state index in [1.807, 2.05) is 11.3 Å². The van der Waals surface area contributed by atoms with Crippen molar-refractivity contribution in [2.24, 2.45) is 0 Å². The lowest BCUT2D eigenvalue weighted by atomic mass is 9.81. The summed E-state index contributed by atoms with van der Waals surface area (Å²) in [6.45, 7) is 4.71. The first kappa shape index (κ1) is 33.2. The molecule has 0 atom stereocenters. The maximum atomic E-state index is 6.98. The van der Waals surface area contributed by atoms with Crippen molar-refractivity contribution in [3.63, 3.8) is 0 Å². The number of thiophene rings is 1. The molecule has 0 amide bonds. The Balaban J connectivity index is 0.990. The van der Waals surface area contributed by atoms with E-state index in [1.165, 1.54) is 64.6 Å². The summed E-state index contributed by atoms with van der Waals surface area (Å²) in [5, 5.41) is 7.17. The zero-order chi connectivity index (χ0) is 38.5. The van der Waals surface area contributed by atoms with Crippen LogP contribution in [0.2, 0.25) is 0 Å². The van der Waals surface area contributed by atoms with Crippen LogP contribution in [-0.2, 0) is 5.41 Å². The molecule has 0 fully saturated rings. The van der Waals surface area contributed by atoms with Crippen LogP contribution in [0.4, 0.5) is 17.1 Å². The highest BCUT2D eigenvalue weighted by Gasteiger charge is 2.35. The third-order valence-electron chi connectivity index (χ3n) is 12.5. The van der Waals surface area contributed by atoms with E-state index in [0.717, 1.165) is 49.8 Å². The molecule has 0 saturated heterocycles. The van der Waals surface area contributed by atoms with Crippen molar-refractivity contribution in [2.75, 3.05) is 4.90 Å². The van der Waals surface area contributed by atoms with E-state index in [2.05, 4.69) is 207 Å². The zero-order valence-electron chi connectivity index (χ0n) is 32.2.